The number of benzene rings is 2. The number of carbonyl (C=O) groups excluding carboxylic acids is 2. The number of nitrogens with one attached hydrogen (secondary N) is 1. The SMILES string of the molecule is C/C=C/C(=O)NC[C@H]1c2c(c(OC(C)=O)c(C)c3c2OCO3)CC2[C@H]3c4c(cc(C)c(OC)c4O)C[C@@H]([C@H](C#N)N21)N3C. The Balaban J connectivity index is 1.61. The first-order valence-corrected chi connectivity index (χ1v) is 14.4. The third-order valence-electron chi connectivity index (χ3n) is 9.30. The van der Waals surface area contributed by atoms with Gasteiger partial charge in [-0.25, -0.2) is 0 Å². The van der Waals surface area contributed by atoms with Gasteiger partial charge in [-0.1, -0.05) is 12.1 Å². The lowest BCUT2D eigenvalue weighted by Crippen LogP contribution is -2.68. The number of ether oxygens (including phenoxy) is 4. The van der Waals surface area contributed by atoms with Gasteiger partial charge < -0.3 is 29.4 Å². The van der Waals surface area contributed by atoms with Gasteiger partial charge in [-0.3, -0.25) is 19.4 Å². The molecular weight excluding hydrogens is 552 g/mol. The maximum atomic E-state index is 12.7. The highest BCUT2D eigenvalue weighted by Gasteiger charge is 2.56. The number of allylic oxidation sites excluding steroid dienone is 1. The van der Waals surface area contributed by atoms with Gasteiger partial charge in [0.2, 0.25) is 12.7 Å². The average molecular weight is 589 g/mol. The van der Waals surface area contributed by atoms with E-state index in [0.717, 1.165) is 27.8 Å². The number of phenols is 1. The molecule has 1 saturated heterocycles. The number of likely N-dealkylation sites (N-methyl/N-ethyl adjacent to an activating group) is 1. The highest BCUT2D eigenvalue weighted by atomic mass is 16.7. The smallest absolute Gasteiger partial charge is 0.308 e. The zero-order chi connectivity index (χ0) is 30.7. The number of amides is 1. The topological polar surface area (TPSA) is 134 Å². The Labute approximate surface area is 250 Å². The monoisotopic (exact) mass is 588 g/mol. The van der Waals surface area contributed by atoms with Crippen LogP contribution in [0.15, 0.2) is 18.2 Å². The van der Waals surface area contributed by atoms with Crippen LogP contribution in [-0.2, 0) is 22.4 Å². The number of carbonyl (C=O) groups is 2. The first-order chi connectivity index (χ1) is 20.6. The van der Waals surface area contributed by atoms with E-state index in [1.807, 2.05) is 27.0 Å². The summed E-state index contributed by atoms with van der Waals surface area (Å²) in [6, 6.07) is 2.69. The molecule has 0 aromatic heterocycles. The quantitative estimate of drug-likeness (QED) is 0.305. The minimum Gasteiger partial charge on any atom is -0.504 e. The van der Waals surface area contributed by atoms with Crippen molar-refractivity contribution in [3.63, 3.8) is 0 Å². The van der Waals surface area contributed by atoms with Gasteiger partial charge in [0.15, 0.2) is 23.0 Å². The van der Waals surface area contributed by atoms with Gasteiger partial charge in [0, 0.05) is 47.8 Å². The van der Waals surface area contributed by atoms with Gasteiger partial charge in [0.25, 0.3) is 0 Å². The fourth-order valence-electron chi connectivity index (χ4n) is 7.72. The second-order valence-electron chi connectivity index (χ2n) is 11.6. The van der Waals surface area contributed by atoms with Crippen molar-refractivity contribution in [2.75, 3.05) is 27.5 Å². The van der Waals surface area contributed by atoms with Crippen molar-refractivity contribution in [2.45, 2.75) is 70.7 Å². The zero-order valence-corrected chi connectivity index (χ0v) is 25.2. The Morgan fingerprint density at radius 3 is 2.60 bits per heavy atom. The number of esters is 1. The number of nitrogens with zero attached hydrogens (tertiary/aromatic N) is 3. The van der Waals surface area contributed by atoms with Crippen LogP contribution in [0.1, 0.15) is 59.3 Å². The molecule has 1 amide bonds. The van der Waals surface area contributed by atoms with Gasteiger partial charge in [-0.05, 0) is 57.9 Å². The van der Waals surface area contributed by atoms with Gasteiger partial charge >= 0.3 is 5.97 Å². The molecule has 4 heterocycles. The van der Waals surface area contributed by atoms with E-state index < -0.39 is 18.1 Å². The van der Waals surface area contributed by atoms with E-state index in [2.05, 4.69) is 21.2 Å². The van der Waals surface area contributed by atoms with Gasteiger partial charge in [0.1, 0.15) is 11.8 Å². The molecule has 11 nitrogen and oxygen atoms in total. The van der Waals surface area contributed by atoms with E-state index in [0.29, 0.717) is 41.4 Å². The van der Waals surface area contributed by atoms with E-state index in [9.17, 15) is 20.0 Å². The van der Waals surface area contributed by atoms with Crippen molar-refractivity contribution in [3.05, 3.63) is 51.6 Å². The summed E-state index contributed by atoms with van der Waals surface area (Å²) in [6.07, 6.45) is 4.06. The second-order valence-corrected chi connectivity index (χ2v) is 11.6. The number of aryl methyl sites for hydroxylation is 1. The molecular formula is C32H36N4O7. The number of rotatable bonds is 5. The Kier molecular flexibility index (Phi) is 7.22. The zero-order valence-electron chi connectivity index (χ0n) is 25.2. The predicted octanol–water partition coefficient (Wildman–Crippen LogP) is 3.14. The first-order valence-electron chi connectivity index (χ1n) is 14.4. The Bertz CT molecular complexity index is 1600. The molecule has 2 aromatic rings. The molecule has 11 heteroatoms. The van der Waals surface area contributed by atoms with Crippen LogP contribution in [0.4, 0.5) is 0 Å². The largest absolute Gasteiger partial charge is 0.504 e. The van der Waals surface area contributed by atoms with Crippen LogP contribution >= 0.6 is 0 Å². The van der Waals surface area contributed by atoms with Crippen LogP contribution in [0.25, 0.3) is 0 Å². The van der Waals surface area contributed by atoms with Crippen LogP contribution in [0.5, 0.6) is 28.7 Å². The molecule has 4 aliphatic heterocycles. The number of hydrogen-bond acceptors (Lipinski definition) is 10. The maximum absolute atomic E-state index is 12.7. The molecule has 1 unspecified atom stereocenters. The molecule has 2 N–H and O–H groups in total. The van der Waals surface area contributed by atoms with Crippen molar-refractivity contribution in [2.24, 2.45) is 0 Å². The highest BCUT2D eigenvalue weighted by Crippen LogP contribution is 2.58. The molecule has 6 rings (SSSR count). The van der Waals surface area contributed by atoms with Gasteiger partial charge in [-0.15, -0.1) is 0 Å². The summed E-state index contributed by atoms with van der Waals surface area (Å²) >= 11 is 0. The Morgan fingerprint density at radius 2 is 1.93 bits per heavy atom. The van der Waals surface area contributed by atoms with Crippen molar-refractivity contribution in [1.29, 1.82) is 5.26 Å². The molecule has 2 aromatic carbocycles. The molecule has 2 bridgehead atoms. The van der Waals surface area contributed by atoms with E-state index >= 15 is 0 Å². The molecule has 0 spiro atoms. The van der Waals surface area contributed by atoms with Crippen molar-refractivity contribution >= 4 is 11.9 Å². The molecule has 0 saturated carbocycles. The van der Waals surface area contributed by atoms with Crippen LogP contribution < -0.4 is 24.3 Å². The number of nitriles is 1. The van der Waals surface area contributed by atoms with E-state index in [4.69, 9.17) is 18.9 Å². The number of methoxy groups -OCH3 is 1. The molecule has 0 aliphatic carbocycles. The number of hydrogen-bond donors (Lipinski definition) is 2. The number of phenolic OH excluding ortho intramolecular Hbond substituents is 1. The Morgan fingerprint density at radius 1 is 1.19 bits per heavy atom. The molecule has 0 radical (unpaired) electrons. The fourth-order valence-corrected chi connectivity index (χ4v) is 7.72. The number of fused-ring (bicyclic) bond motifs is 9. The predicted molar refractivity (Wildman–Crippen MR) is 155 cm³/mol. The summed E-state index contributed by atoms with van der Waals surface area (Å²) in [7, 11) is 3.53. The summed E-state index contributed by atoms with van der Waals surface area (Å²) in [5, 5.41) is 25.3. The normalized spacial score (nSPS) is 25.4. The molecule has 43 heavy (non-hydrogen) atoms. The summed E-state index contributed by atoms with van der Waals surface area (Å²) in [5.41, 5.74) is 4.71. The summed E-state index contributed by atoms with van der Waals surface area (Å²) in [4.78, 5) is 29.4. The lowest BCUT2D eigenvalue weighted by atomic mass is 9.71. The fraction of sp³-hybridized carbons (Fsp3) is 0.469. The van der Waals surface area contributed by atoms with Crippen molar-refractivity contribution in [1.82, 2.24) is 15.1 Å². The summed E-state index contributed by atoms with van der Waals surface area (Å²) in [5.74, 6) is 1.20. The van der Waals surface area contributed by atoms with Crippen LogP contribution in [0, 0.1) is 25.2 Å². The third kappa shape index (κ3) is 4.31. The van der Waals surface area contributed by atoms with Gasteiger partial charge in [0.05, 0.1) is 25.3 Å². The van der Waals surface area contributed by atoms with E-state index in [1.54, 1.807) is 20.1 Å². The molecule has 226 valence electrons. The van der Waals surface area contributed by atoms with Crippen LogP contribution in [0.2, 0.25) is 0 Å². The summed E-state index contributed by atoms with van der Waals surface area (Å²) < 4.78 is 23.4. The molecule has 4 aliphatic rings. The maximum Gasteiger partial charge on any atom is 0.308 e. The lowest BCUT2D eigenvalue weighted by Gasteiger charge is -2.60. The van der Waals surface area contributed by atoms with E-state index in [1.165, 1.54) is 13.0 Å². The number of aromatic hydroxyl groups is 1. The molecule has 1 fully saturated rings. The first kappa shape index (κ1) is 28.8. The van der Waals surface area contributed by atoms with Crippen LogP contribution in [0.3, 0.4) is 0 Å². The lowest BCUT2D eigenvalue weighted by molar-refractivity contribution is -0.132. The van der Waals surface area contributed by atoms with Crippen LogP contribution in [-0.4, -0.2) is 72.4 Å². The number of piperazine rings is 1. The van der Waals surface area contributed by atoms with Crippen molar-refractivity contribution in [3.8, 4) is 34.8 Å². The minimum absolute atomic E-state index is 0.00325. The second kappa shape index (κ2) is 10.8. The molecule has 5 atom stereocenters. The minimum atomic E-state index is -0.558. The highest BCUT2D eigenvalue weighted by molar-refractivity contribution is 5.87. The summed E-state index contributed by atoms with van der Waals surface area (Å²) in [6.45, 7) is 7.03. The van der Waals surface area contributed by atoms with Gasteiger partial charge in [-0.2, -0.15) is 5.26 Å². The Hall–Kier alpha value is -4.27. The van der Waals surface area contributed by atoms with E-state index in [-0.39, 0.29) is 43.1 Å². The standard InChI is InChI=1S/C32H36N4O7/c1-7-8-24(38)34-13-23-26-19(30(43-17(4)37)16(3)31-32(26)42-14-41-31)11-21-27-25-18(9-15(2)29(40-6)28(25)39)10-20(35(27)5)22(12-33)36(21)23/h7-9,20-23,27,39H,10-11,13-14H2,1-6H3,(H,34,38)/b8-7+/t20-,21?,22-,23-,27-/m0/s1. The third-order valence-corrected chi connectivity index (χ3v) is 9.30. The average Bonchev–Trinajstić information content (AvgIpc) is 3.45. The van der Waals surface area contributed by atoms with Crippen molar-refractivity contribution < 1.29 is 33.6 Å².